The number of carbonyl (C=O) groups is 1. The highest BCUT2D eigenvalue weighted by Gasteiger charge is 2.31. The van der Waals surface area contributed by atoms with Gasteiger partial charge in [0.2, 0.25) is 5.91 Å². The molecule has 1 saturated carbocycles. The maximum atomic E-state index is 13.8. The fourth-order valence-corrected chi connectivity index (χ4v) is 3.32. The fraction of sp³-hybridized carbons (Fsp3) is 0.200. The zero-order valence-electron chi connectivity index (χ0n) is 14.2. The first-order chi connectivity index (χ1) is 12.8. The van der Waals surface area contributed by atoms with E-state index in [4.69, 9.17) is 17.3 Å². The average molecular weight is 388 g/mol. The molecule has 0 saturated heterocycles. The van der Waals surface area contributed by atoms with Crippen LogP contribution in [0, 0.1) is 5.92 Å². The lowest BCUT2D eigenvalue weighted by molar-refractivity contribution is -0.117. The van der Waals surface area contributed by atoms with Crippen molar-refractivity contribution in [2.24, 2.45) is 11.7 Å². The topological polar surface area (TPSA) is 68.0 Å². The highest BCUT2D eigenvalue weighted by Crippen LogP contribution is 2.38. The Morgan fingerprint density at radius 3 is 2.67 bits per heavy atom. The molecule has 1 heterocycles. The third kappa shape index (κ3) is 3.63. The second-order valence-electron chi connectivity index (χ2n) is 6.68. The summed E-state index contributed by atoms with van der Waals surface area (Å²) in [7, 11) is 0. The van der Waals surface area contributed by atoms with Crippen LogP contribution in [-0.4, -0.2) is 10.9 Å². The van der Waals surface area contributed by atoms with Crippen molar-refractivity contribution in [3.8, 4) is 11.1 Å². The predicted molar refractivity (Wildman–Crippen MR) is 102 cm³/mol. The Labute approximate surface area is 159 Å². The number of nitrogens with two attached hydrogens (primary N) is 1. The van der Waals surface area contributed by atoms with Gasteiger partial charge in [0, 0.05) is 33.7 Å². The molecular formula is C20H16ClF2N3O. The van der Waals surface area contributed by atoms with Crippen molar-refractivity contribution in [3.05, 3.63) is 59.2 Å². The molecule has 0 radical (unpaired) electrons. The first-order valence-corrected chi connectivity index (χ1v) is 8.87. The number of nitrogens with zero attached hydrogens (tertiary/aromatic N) is 1. The van der Waals surface area contributed by atoms with Crippen LogP contribution in [0.5, 0.6) is 0 Å². The molecule has 2 aromatic carbocycles. The third-order valence-corrected chi connectivity index (χ3v) is 4.90. The number of carbonyl (C=O) groups excluding carboxylic acids is 1. The number of nitrogens with one attached hydrogen (secondary N) is 1. The molecule has 4 rings (SSSR count). The molecule has 0 atom stereocenters. The van der Waals surface area contributed by atoms with Crippen molar-refractivity contribution < 1.29 is 13.6 Å². The molecule has 27 heavy (non-hydrogen) atoms. The molecule has 3 N–H and O–H groups in total. The maximum Gasteiger partial charge on any atom is 0.327 e. The molecule has 0 unspecified atom stereocenters. The Hall–Kier alpha value is -2.57. The highest BCUT2D eigenvalue weighted by atomic mass is 35.5. The smallest absolute Gasteiger partial charge is 0.310 e. The summed E-state index contributed by atoms with van der Waals surface area (Å²) in [5.41, 5.74) is 5.40. The second-order valence-corrected chi connectivity index (χ2v) is 7.09. The third-order valence-electron chi connectivity index (χ3n) is 4.58. The zero-order valence-corrected chi connectivity index (χ0v) is 14.9. The normalized spacial score (nSPS) is 14.4. The van der Waals surface area contributed by atoms with Gasteiger partial charge in [0.15, 0.2) is 0 Å². The van der Waals surface area contributed by atoms with Crippen LogP contribution in [0.25, 0.3) is 21.9 Å². The summed E-state index contributed by atoms with van der Waals surface area (Å²) in [5, 5.41) is 4.55. The summed E-state index contributed by atoms with van der Waals surface area (Å²) in [6.07, 6.45) is 3.42. The van der Waals surface area contributed by atoms with Crippen LogP contribution in [0.15, 0.2) is 48.7 Å². The molecule has 1 fully saturated rings. The number of hydrogen-bond acceptors (Lipinski definition) is 3. The van der Waals surface area contributed by atoms with Crippen LogP contribution in [0.4, 0.5) is 14.6 Å². The molecule has 1 amide bonds. The molecule has 138 valence electrons. The van der Waals surface area contributed by atoms with Crippen molar-refractivity contribution >= 4 is 34.1 Å². The van der Waals surface area contributed by atoms with Gasteiger partial charge in [-0.2, -0.15) is 8.78 Å². The molecule has 0 bridgehead atoms. The number of anilines is 1. The minimum Gasteiger partial charge on any atom is -0.310 e. The molecule has 1 aromatic heterocycles. The molecular weight excluding hydrogens is 372 g/mol. The Balaban J connectivity index is 1.73. The van der Waals surface area contributed by atoms with E-state index in [1.165, 1.54) is 12.1 Å². The highest BCUT2D eigenvalue weighted by molar-refractivity contribution is 6.33. The van der Waals surface area contributed by atoms with Gasteiger partial charge in [0.1, 0.15) is 5.82 Å². The van der Waals surface area contributed by atoms with Crippen molar-refractivity contribution in [1.29, 1.82) is 0 Å². The molecule has 7 heteroatoms. The van der Waals surface area contributed by atoms with Gasteiger partial charge < -0.3 is 5.32 Å². The van der Waals surface area contributed by atoms with Gasteiger partial charge in [-0.3, -0.25) is 10.5 Å². The van der Waals surface area contributed by atoms with Gasteiger partial charge in [0.05, 0.1) is 0 Å². The van der Waals surface area contributed by atoms with Gasteiger partial charge in [-0.05, 0) is 42.0 Å². The van der Waals surface area contributed by atoms with Crippen LogP contribution < -0.4 is 11.1 Å². The lowest BCUT2D eigenvalue weighted by atomic mass is 9.96. The summed E-state index contributed by atoms with van der Waals surface area (Å²) in [4.78, 5) is 16.1. The summed E-state index contributed by atoms with van der Waals surface area (Å²) in [6.45, 7) is 0. The number of alkyl halides is 2. The van der Waals surface area contributed by atoms with Crippen molar-refractivity contribution in [1.82, 2.24) is 4.98 Å². The maximum absolute atomic E-state index is 13.8. The van der Waals surface area contributed by atoms with Gasteiger partial charge in [-0.15, -0.1) is 0 Å². The van der Waals surface area contributed by atoms with Gasteiger partial charge in [-0.25, -0.2) is 4.98 Å². The number of pyridine rings is 1. The molecule has 0 spiro atoms. The number of benzene rings is 2. The van der Waals surface area contributed by atoms with Crippen molar-refractivity contribution in [3.63, 3.8) is 0 Å². The van der Waals surface area contributed by atoms with Crippen molar-refractivity contribution in [2.75, 3.05) is 5.32 Å². The number of aromatic nitrogens is 1. The first-order valence-electron chi connectivity index (χ1n) is 8.49. The van der Waals surface area contributed by atoms with Crippen LogP contribution in [0.1, 0.15) is 18.4 Å². The lowest BCUT2D eigenvalue weighted by Gasteiger charge is -2.17. The van der Waals surface area contributed by atoms with E-state index in [1.807, 2.05) is 0 Å². The van der Waals surface area contributed by atoms with Crippen LogP contribution in [0.2, 0.25) is 5.02 Å². The Kier molecular flexibility index (Phi) is 4.32. The minimum atomic E-state index is -3.51. The first kappa shape index (κ1) is 17.8. The Morgan fingerprint density at radius 2 is 1.96 bits per heavy atom. The summed E-state index contributed by atoms with van der Waals surface area (Å²) < 4.78 is 27.6. The predicted octanol–water partition coefficient (Wildman–Crippen LogP) is 4.91. The molecule has 1 aliphatic rings. The number of halogens is 3. The van der Waals surface area contributed by atoms with E-state index in [0.29, 0.717) is 11.4 Å². The fourth-order valence-electron chi connectivity index (χ4n) is 3.03. The average Bonchev–Trinajstić information content (AvgIpc) is 3.45. The van der Waals surface area contributed by atoms with E-state index in [-0.39, 0.29) is 28.0 Å². The van der Waals surface area contributed by atoms with Crippen LogP contribution in [0.3, 0.4) is 0 Å². The molecule has 3 aromatic rings. The van der Waals surface area contributed by atoms with E-state index < -0.39 is 6.05 Å². The SMILES string of the molecule is NC(F)(F)c1cccc(Cl)c1-c1ccc2cc(NC(=O)C3CC3)ncc2c1. The minimum absolute atomic E-state index is 0.0237. The van der Waals surface area contributed by atoms with Crippen LogP contribution in [-0.2, 0) is 10.8 Å². The molecule has 0 aliphatic heterocycles. The van der Waals surface area contributed by atoms with E-state index in [1.54, 1.807) is 36.5 Å². The van der Waals surface area contributed by atoms with Gasteiger partial charge >= 0.3 is 6.05 Å². The molecule has 4 nitrogen and oxygen atoms in total. The zero-order chi connectivity index (χ0) is 19.2. The standard InChI is InChI=1S/C20H16ClF2N3O/c21-16-3-1-2-15(20(22,23)24)18(16)13-7-6-12-9-17(25-10-14(12)8-13)26-19(27)11-4-5-11/h1-3,6-11H,4-5,24H2,(H,25,26,27). The summed E-state index contributed by atoms with van der Waals surface area (Å²) in [6, 6.07) is 7.71. The van der Waals surface area contributed by atoms with Gasteiger partial charge in [0.25, 0.3) is 0 Å². The Bertz CT molecular complexity index is 1050. The summed E-state index contributed by atoms with van der Waals surface area (Å²) >= 11 is 6.19. The van der Waals surface area contributed by atoms with E-state index >= 15 is 0 Å². The van der Waals surface area contributed by atoms with Crippen LogP contribution >= 0.6 is 11.6 Å². The number of fused-ring (bicyclic) bond motifs is 1. The quantitative estimate of drug-likeness (QED) is 0.625. The largest absolute Gasteiger partial charge is 0.327 e. The Morgan fingerprint density at radius 1 is 1.19 bits per heavy atom. The summed E-state index contributed by atoms with van der Waals surface area (Å²) in [5.74, 6) is 0.532. The van der Waals surface area contributed by atoms with E-state index in [9.17, 15) is 13.6 Å². The lowest BCUT2D eigenvalue weighted by Crippen LogP contribution is -2.26. The monoisotopic (exact) mass is 387 g/mol. The van der Waals surface area contributed by atoms with Gasteiger partial charge in [-0.1, -0.05) is 35.9 Å². The number of hydrogen-bond donors (Lipinski definition) is 2. The van der Waals surface area contributed by atoms with Crippen molar-refractivity contribution in [2.45, 2.75) is 18.9 Å². The van der Waals surface area contributed by atoms with E-state index in [0.717, 1.165) is 23.6 Å². The van der Waals surface area contributed by atoms with E-state index in [2.05, 4.69) is 10.3 Å². The number of amides is 1. The molecule has 1 aliphatic carbocycles. The number of rotatable bonds is 4. The second kappa shape index (κ2) is 6.55.